The zero-order chi connectivity index (χ0) is 11.6. The molecule has 0 aliphatic heterocycles. The van der Waals surface area contributed by atoms with Crippen LogP contribution in [-0.4, -0.2) is 6.10 Å². The molecule has 0 spiro atoms. The van der Waals surface area contributed by atoms with Gasteiger partial charge in [-0.3, -0.25) is 0 Å². The van der Waals surface area contributed by atoms with Crippen LogP contribution in [0.25, 0.3) is 0 Å². The maximum Gasteiger partial charge on any atom is 0.132 e. The van der Waals surface area contributed by atoms with E-state index < -0.39 is 0 Å². The zero-order valence-corrected chi connectivity index (χ0v) is 10.1. The monoisotopic (exact) mass is 210 g/mol. The van der Waals surface area contributed by atoms with Crippen molar-refractivity contribution in [1.29, 1.82) is 0 Å². The van der Waals surface area contributed by atoms with E-state index in [2.05, 4.69) is 6.92 Å². The first kappa shape index (κ1) is 12.0. The van der Waals surface area contributed by atoms with Crippen LogP contribution in [0, 0.1) is 19.7 Å². The van der Waals surface area contributed by atoms with Crippen LogP contribution < -0.4 is 4.74 Å². The first-order chi connectivity index (χ1) is 6.97. The molecule has 0 amide bonds. The van der Waals surface area contributed by atoms with E-state index in [1.807, 2.05) is 19.9 Å². The lowest BCUT2D eigenvalue weighted by Gasteiger charge is -2.17. The fourth-order valence-electron chi connectivity index (χ4n) is 1.69. The van der Waals surface area contributed by atoms with Gasteiger partial charge in [-0.05, 0) is 51.3 Å². The molecule has 0 atom stereocenters. The van der Waals surface area contributed by atoms with Gasteiger partial charge in [-0.2, -0.15) is 0 Å². The number of halogens is 1. The summed E-state index contributed by atoms with van der Waals surface area (Å²) in [4.78, 5) is 0. The molecule has 1 nitrogen and oxygen atoms in total. The molecule has 0 saturated heterocycles. The van der Waals surface area contributed by atoms with Crippen molar-refractivity contribution in [2.45, 2.75) is 47.1 Å². The van der Waals surface area contributed by atoms with E-state index in [9.17, 15) is 4.39 Å². The lowest BCUT2D eigenvalue weighted by atomic mass is 10.0. The van der Waals surface area contributed by atoms with Gasteiger partial charge in [0.1, 0.15) is 11.6 Å². The summed E-state index contributed by atoms with van der Waals surface area (Å²) >= 11 is 0. The summed E-state index contributed by atoms with van der Waals surface area (Å²) in [7, 11) is 0. The van der Waals surface area contributed by atoms with Gasteiger partial charge in [0.15, 0.2) is 0 Å². The fraction of sp³-hybridized carbons (Fsp3) is 0.538. The van der Waals surface area contributed by atoms with Crippen molar-refractivity contribution in [3.8, 4) is 5.75 Å². The molecular formula is C13H19FO. The first-order valence-corrected chi connectivity index (χ1v) is 5.42. The Morgan fingerprint density at radius 2 is 1.93 bits per heavy atom. The topological polar surface area (TPSA) is 9.23 Å². The van der Waals surface area contributed by atoms with Crippen LogP contribution in [0.4, 0.5) is 4.39 Å². The minimum atomic E-state index is -0.150. The summed E-state index contributed by atoms with van der Waals surface area (Å²) in [5, 5.41) is 0. The summed E-state index contributed by atoms with van der Waals surface area (Å²) in [5.74, 6) is 0.568. The Morgan fingerprint density at radius 1 is 1.33 bits per heavy atom. The number of aryl methyl sites for hydroxylation is 2. The van der Waals surface area contributed by atoms with E-state index in [0.717, 1.165) is 17.7 Å². The molecule has 0 radical (unpaired) electrons. The van der Waals surface area contributed by atoms with Crippen molar-refractivity contribution >= 4 is 0 Å². The summed E-state index contributed by atoms with van der Waals surface area (Å²) in [6.07, 6.45) is 0.945. The van der Waals surface area contributed by atoms with E-state index in [1.165, 1.54) is 0 Å². The van der Waals surface area contributed by atoms with Crippen molar-refractivity contribution in [2.24, 2.45) is 0 Å². The largest absolute Gasteiger partial charge is 0.490 e. The molecule has 1 aromatic rings. The SMILES string of the molecule is CCc1cc(C)c(F)c(C)c1OC(C)C. The molecule has 0 heterocycles. The molecule has 0 aliphatic rings. The Labute approximate surface area is 91.3 Å². The van der Waals surface area contributed by atoms with Gasteiger partial charge in [0.2, 0.25) is 0 Å². The zero-order valence-electron chi connectivity index (χ0n) is 10.1. The third-order valence-corrected chi connectivity index (χ3v) is 2.43. The highest BCUT2D eigenvalue weighted by Gasteiger charge is 2.14. The smallest absolute Gasteiger partial charge is 0.132 e. The number of hydrogen-bond acceptors (Lipinski definition) is 1. The van der Waals surface area contributed by atoms with E-state index in [-0.39, 0.29) is 11.9 Å². The van der Waals surface area contributed by atoms with Gasteiger partial charge in [0.25, 0.3) is 0 Å². The molecule has 0 aromatic heterocycles. The summed E-state index contributed by atoms with van der Waals surface area (Å²) < 4.78 is 19.3. The lowest BCUT2D eigenvalue weighted by molar-refractivity contribution is 0.237. The molecule has 0 bridgehead atoms. The van der Waals surface area contributed by atoms with Crippen LogP contribution in [0.3, 0.4) is 0 Å². The summed E-state index contributed by atoms with van der Waals surface area (Å²) in [6.45, 7) is 9.53. The van der Waals surface area contributed by atoms with Gasteiger partial charge in [0, 0.05) is 5.56 Å². The van der Waals surface area contributed by atoms with Crippen molar-refractivity contribution in [1.82, 2.24) is 0 Å². The highest BCUT2D eigenvalue weighted by Crippen LogP contribution is 2.29. The van der Waals surface area contributed by atoms with Crippen molar-refractivity contribution in [3.05, 3.63) is 28.6 Å². The van der Waals surface area contributed by atoms with Crippen molar-refractivity contribution < 1.29 is 9.13 Å². The predicted molar refractivity (Wildman–Crippen MR) is 61.0 cm³/mol. The van der Waals surface area contributed by atoms with Crippen LogP contribution in [0.15, 0.2) is 6.07 Å². The number of benzene rings is 1. The number of hydrogen-bond donors (Lipinski definition) is 0. The number of ether oxygens (including phenoxy) is 1. The van der Waals surface area contributed by atoms with E-state index >= 15 is 0 Å². The van der Waals surface area contributed by atoms with Gasteiger partial charge < -0.3 is 4.74 Å². The van der Waals surface area contributed by atoms with Gasteiger partial charge in [-0.25, -0.2) is 4.39 Å². The Balaban J connectivity index is 3.27. The minimum Gasteiger partial charge on any atom is -0.490 e. The molecule has 1 aromatic carbocycles. The highest BCUT2D eigenvalue weighted by atomic mass is 19.1. The average molecular weight is 210 g/mol. The van der Waals surface area contributed by atoms with Gasteiger partial charge >= 0.3 is 0 Å². The normalized spacial score (nSPS) is 10.9. The molecule has 1 rings (SSSR count). The molecule has 0 fully saturated rings. The summed E-state index contributed by atoms with van der Waals surface area (Å²) in [6, 6.07) is 1.88. The second-order valence-corrected chi connectivity index (χ2v) is 4.14. The molecular weight excluding hydrogens is 191 g/mol. The molecule has 0 aliphatic carbocycles. The van der Waals surface area contributed by atoms with Crippen LogP contribution in [0.5, 0.6) is 5.75 Å². The predicted octanol–water partition coefficient (Wildman–Crippen LogP) is 3.79. The third kappa shape index (κ3) is 2.49. The second-order valence-electron chi connectivity index (χ2n) is 4.14. The Kier molecular flexibility index (Phi) is 3.72. The lowest BCUT2D eigenvalue weighted by Crippen LogP contribution is -2.10. The highest BCUT2D eigenvalue weighted by molar-refractivity contribution is 5.45. The molecule has 0 N–H and O–H groups in total. The molecule has 15 heavy (non-hydrogen) atoms. The van der Waals surface area contributed by atoms with Crippen LogP contribution >= 0.6 is 0 Å². The van der Waals surface area contributed by atoms with E-state index in [1.54, 1.807) is 13.8 Å². The van der Waals surface area contributed by atoms with Gasteiger partial charge in [-0.15, -0.1) is 0 Å². The van der Waals surface area contributed by atoms with Gasteiger partial charge in [-0.1, -0.05) is 6.92 Å². The molecule has 0 saturated carbocycles. The van der Waals surface area contributed by atoms with Crippen LogP contribution in [0.2, 0.25) is 0 Å². The molecule has 0 unspecified atom stereocenters. The fourth-order valence-corrected chi connectivity index (χ4v) is 1.69. The van der Waals surface area contributed by atoms with E-state index in [4.69, 9.17) is 4.74 Å². The Morgan fingerprint density at radius 3 is 2.40 bits per heavy atom. The minimum absolute atomic E-state index is 0.0797. The first-order valence-electron chi connectivity index (χ1n) is 5.42. The molecule has 2 heteroatoms. The Bertz CT molecular complexity index is 356. The average Bonchev–Trinajstić information content (AvgIpc) is 2.18. The number of rotatable bonds is 3. The van der Waals surface area contributed by atoms with Crippen molar-refractivity contribution in [2.75, 3.05) is 0 Å². The van der Waals surface area contributed by atoms with Gasteiger partial charge in [0.05, 0.1) is 6.10 Å². The maximum atomic E-state index is 13.7. The maximum absolute atomic E-state index is 13.7. The standard InChI is InChI=1S/C13H19FO/c1-6-11-7-9(4)12(14)10(5)13(11)15-8(2)3/h7-8H,6H2,1-5H3. The third-order valence-electron chi connectivity index (χ3n) is 2.43. The quantitative estimate of drug-likeness (QED) is 0.737. The Hall–Kier alpha value is -1.05. The van der Waals surface area contributed by atoms with E-state index in [0.29, 0.717) is 11.1 Å². The second kappa shape index (κ2) is 4.65. The van der Waals surface area contributed by atoms with Crippen LogP contribution in [-0.2, 0) is 6.42 Å². The summed E-state index contributed by atoms with van der Waals surface area (Å²) in [5.41, 5.74) is 2.40. The van der Waals surface area contributed by atoms with Crippen LogP contribution in [0.1, 0.15) is 37.5 Å². The van der Waals surface area contributed by atoms with Crippen molar-refractivity contribution in [3.63, 3.8) is 0 Å². The molecule has 84 valence electrons.